The first-order valence-corrected chi connectivity index (χ1v) is 26.2. The molecule has 1 rings (SSSR count). The molecule has 29 heteroatoms. The summed E-state index contributed by atoms with van der Waals surface area (Å²) in [4.78, 5) is 35.4. The molecule has 1 N–H and O–H groups in total. The topological polar surface area (TPSA) is 174 Å². The summed E-state index contributed by atoms with van der Waals surface area (Å²) in [5.41, 5.74) is 0. The van der Waals surface area contributed by atoms with Gasteiger partial charge in [0.05, 0.1) is 19.8 Å². The van der Waals surface area contributed by atoms with Crippen molar-refractivity contribution in [2.75, 3.05) is 59.4 Å². The molecule has 59 heavy (non-hydrogen) atoms. The number of alkyl halides is 9. The van der Waals surface area contributed by atoms with Crippen LogP contribution in [0, 0.1) is 0 Å². The molecule has 0 bridgehead atoms. The van der Waals surface area contributed by atoms with E-state index in [9.17, 15) is 53.9 Å². The van der Waals surface area contributed by atoms with E-state index in [1.54, 1.807) is 6.55 Å². The highest BCUT2D eigenvalue weighted by Gasteiger charge is 2.75. The van der Waals surface area contributed by atoms with E-state index in [4.69, 9.17) is 43.9 Å². The second-order valence-electron chi connectivity index (χ2n) is 12.2. The summed E-state index contributed by atoms with van der Waals surface area (Å²) in [6, 6.07) is -0.0429. The van der Waals surface area contributed by atoms with E-state index in [0.29, 0.717) is 0 Å². The Labute approximate surface area is 337 Å². The van der Waals surface area contributed by atoms with Gasteiger partial charge in [-0.2, -0.15) is 39.5 Å². The molecule has 0 aromatic rings. The zero-order valence-corrected chi connectivity index (χ0v) is 36.4. The standard InChI is InChI=1S/C30H46F9NO15Si4/c1-9-23(4)44-14-17-51-59(8)54-57(6,49-18-15-45-25(42)10-2)52-56(5,53-58(7,55-59)50-19-16-46-26(43)11-3)20-12-13-40-24(41)21-47-27(31,32)22-48-30(38,39)28(33,34)29(35,36)37/h9-11H,1-4,12-22H2,5-8H3,(H,40,41). The number of halogens is 9. The molecule has 0 aliphatic carbocycles. The molecule has 1 saturated heterocycles. The smallest absolute Gasteiger partial charge is 0.483 e. The van der Waals surface area contributed by atoms with E-state index >= 15 is 0 Å². The molecule has 1 amide bonds. The van der Waals surface area contributed by atoms with Crippen LogP contribution in [0.25, 0.3) is 0 Å². The highest BCUT2D eigenvalue weighted by molar-refractivity contribution is 6.89. The van der Waals surface area contributed by atoms with Gasteiger partial charge in [-0.25, -0.2) is 9.59 Å². The Bertz CT molecular complexity index is 1420. The van der Waals surface area contributed by atoms with Gasteiger partial charge in [-0.05, 0) is 25.1 Å². The molecule has 2 atom stereocenters. The van der Waals surface area contributed by atoms with Gasteiger partial charge in [-0.1, -0.05) is 26.3 Å². The third-order valence-corrected chi connectivity index (χ3v) is 22.7. The maximum Gasteiger partial charge on any atom is 0.483 e. The van der Waals surface area contributed by atoms with Gasteiger partial charge in [0.2, 0.25) is 5.91 Å². The number of allylic oxidation sites excluding steroid dienone is 1. The fourth-order valence-electron chi connectivity index (χ4n) is 4.47. The number of carbonyl (C=O) groups excluding carboxylic acids is 3. The Kier molecular flexibility index (Phi) is 20.9. The van der Waals surface area contributed by atoms with Crippen molar-refractivity contribution in [1.82, 2.24) is 5.32 Å². The van der Waals surface area contributed by atoms with Crippen molar-refractivity contribution in [2.45, 2.75) is 63.0 Å². The minimum atomic E-state index is -6.84. The minimum Gasteiger partial charge on any atom is -0.492 e. The molecule has 1 fully saturated rings. The predicted octanol–water partition coefficient (Wildman–Crippen LogP) is 4.99. The minimum absolute atomic E-state index is 0.0272. The fourth-order valence-corrected chi connectivity index (χ4v) is 22.7. The van der Waals surface area contributed by atoms with Crippen molar-refractivity contribution in [3.63, 3.8) is 0 Å². The second-order valence-corrected chi connectivity index (χ2v) is 24.3. The lowest BCUT2D eigenvalue weighted by Crippen LogP contribution is -2.70. The van der Waals surface area contributed by atoms with Crippen molar-refractivity contribution in [1.29, 1.82) is 0 Å². The van der Waals surface area contributed by atoms with E-state index in [0.717, 1.165) is 12.2 Å². The Morgan fingerprint density at radius 3 is 1.51 bits per heavy atom. The average Bonchev–Trinajstić information content (AvgIpc) is 3.12. The van der Waals surface area contributed by atoms with Gasteiger partial charge >= 0.3 is 71.2 Å². The van der Waals surface area contributed by atoms with Gasteiger partial charge in [0.15, 0.2) is 0 Å². The normalized spacial score (nSPS) is 24.2. The number of esters is 2. The van der Waals surface area contributed by atoms with Gasteiger partial charge in [0.1, 0.15) is 38.8 Å². The van der Waals surface area contributed by atoms with E-state index in [1.807, 2.05) is 0 Å². The number of hydrogen-bond donors (Lipinski definition) is 1. The monoisotopic (exact) mass is 943 g/mol. The molecule has 0 aromatic carbocycles. The van der Waals surface area contributed by atoms with Crippen molar-refractivity contribution >= 4 is 52.8 Å². The summed E-state index contributed by atoms with van der Waals surface area (Å²) >= 11 is 0. The van der Waals surface area contributed by atoms with Crippen molar-refractivity contribution in [2.24, 2.45) is 0 Å². The summed E-state index contributed by atoms with van der Waals surface area (Å²) in [5, 5.41) is 2.17. The number of carbonyl (C=O) groups is 3. The molecular weight excluding hydrogens is 898 g/mol. The number of hydrogen-bond acceptors (Lipinski definition) is 15. The molecule has 0 aromatic heterocycles. The molecule has 1 aliphatic rings. The molecule has 340 valence electrons. The van der Waals surface area contributed by atoms with Crippen LogP contribution in [0.1, 0.15) is 6.42 Å². The lowest BCUT2D eigenvalue weighted by atomic mass is 10.3. The Morgan fingerprint density at radius 2 is 1.08 bits per heavy atom. The van der Waals surface area contributed by atoms with Gasteiger partial charge in [0.25, 0.3) is 0 Å². The molecular formula is C30H46F9NO15Si4. The van der Waals surface area contributed by atoms with Crippen LogP contribution in [0.15, 0.2) is 50.3 Å². The van der Waals surface area contributed by atoms with Crippen LogP contribution in [0.3, 0.4) is 0 Å². The van der Waals surface area contributed by atoms with E-state index in [1.165, 1.54) is 25.7 Å². The first-order chi connectivity index (χ1) is 27.0. The fraction of sp³-hybridized carbons (Fsp3) is 0.633. The van der Waals surface area contributed by atoms with E-state index < -0.39 is 90.3 Å². The highest BCUT2D eigenvalue weighted by atomic mass is 28.5. The van der Waals surface area contributed by atoms with Crippen LogP contribution in [0.5, 0.6) is 0 Å². The predicted molar refractivity (Wildman–Crippen MR) is 192 cm³/mol. The first-order valence-electron chi connectivity index (χ1n) is 17.0. The number of nitrogens with one attached hydrogen (secondary N) is 1. The maximum atomic E-state index is 13.9. The van der Waals surface area contributed by atoms with Gasteiger partial charge < -0.3 is 58.7 Å². The Balaban J connectivity index is 3.17. The SMILES string of the molecule is C=CC(=C)OCCO[Si]1(C)O[Si](C)(OCCOC(=O)C=C)O[Si](C)(CCCNC(=O)COC(F)(F)COC(F)(F)C(F)(F)C(F)(F)F)O[Si](C)(OCCOC(=O)C=C)O1. The summed E-state index contributed by atoms with van der Waals surface area (Å²) in [7, 11) is -15.6. The highest BCUT2D eigenvalue weighted by Crippen LogP contribution is 2.47. The number of ether oxygens (including phenoxy) is 5. The van der Waals surface area contributed by atoms with Crippen LogP contribution in [-0.2, 0) is 67.8 Å². The van der Waals surface area contributed by atoms with Crippen molar-refractivity contribution < 1.29 is 107 Å². The van der Waals surface area contributed by atoms with Crippen LogP contribution in [0.2, 0.25) is 32.2 Å². The van der Waals surface area contributed by atoms with Gasteiger partial charge in [-0.3, -0.25) is 4.79 Å². The molecule has 0 saturated carbocycles. The van der Waals surface area contributed by atoms with E-state index in [-0.39, 0.29) is 64.4 Å². The molecule has 0 spiro atoms. The van der Waals surface area contributed by atoms with Crippen LogP contribution in [-0.4, -0.2) is 137 Å². The quantitative estimate of drug-likeness (QED) is 0.0222. The van der Waals surface area contributed by atoms with Crippen LogP contribution >= 0.6 is 0 Å². The molecule has 0 radical (unpaired) electrons. The molecule has 1 heterocycles. The maximum absolute atomic E-state index is 13.9. The number of amides is 1. The Hall–Kier alpha value is -2.95. The molecule has 2 unspecified atom stereocenters. The number of rotatable bonds is 27. The zero-order chi connectivity index (χ0) is 45.4. The van der Waals surface area contributed by atoms with Crippen molar-refractivity contribution in [3.05, 3.63) is 50.3 Å². The second kappa shape index (κ2) is 22.8. The van der Waals surface area contributed by atoms with Crippen LogP contribution in [0.4, 0.5) is 39.5 Å². The molecule has 16 nitrogen and oxygen atoms in total. The van der Waals surface area contributed by atoms with E-state index in [2.05, 4.69) is 41.1 Å². The van der Waals surface area contributed by atoms with Gasteiger partial charge in [0, 0.05) is 38.3 Å². The summed E-state index contributed by atoms with van der Waals surface area (Å²) in [6.07, 6.45) is -15.0. The third kappa shape index (κ3) is 19.1. The van der Waals surface area contributed by atoms with Crippen LogP contribution < -0.4 is 5.32 Å². The molecule has 1 aliphatic heterocycles. The average molecular weight is 944 g/mol. The Morgan fingerprint density at radius 1 is 0.644 bits per heavy atom. The zero-order valence-electron chi connectivity index (χ0n) is 32.4. The van der Waals surface area contributed by atoms with Crippen molar-refractivity contribution in [3.8, 4) is 0 Å². The van der Waals surface area contributed by atoms with Gasteiger partial charge in [-0.15, -0.1) is 0 Å². The summed E-state index contributed by atoms with van der Waals surface area (Å²) in [5.74, 6) is -9.35. The first kappa shape index (κ1) is 54.1. The lowest BCUT2D eigenvalue weighted by molar-refractivity contribution is -0.436. The summed E-state index contributed by atoms with van der Waals surface area (Å²) < 4.78 is 183. The largest absolute Gasteiger partial charge is 0.492 e. The lowest BCUT2D eigenvalue weighted by Gasteiger charge is -2.47. The summed E-state index contributed by atoms with van der Waals surface area (Å²) in [6.45, 7) is 13.9. The third-order valence-electron chi connectivity index (χ3n) is 6.91.